The summed E-state index contributed by atoms with van der Waals surface area (Å²) in [6.07, 6.45) is 5.40. The molecule has 2 aromatic heterocycles. The van der Waals surface area contributed by atoms with Crippen LogP contribution >= 0.6 is 0 Å². The zero-order valence-electron chi connectivity index (χ0n) is 16.8. The van der Waals surface area contributed by atoms with E-state index in [1.54, 1.807) is 12.4 Å². The zero-order valence-corrected chi connectivity index (χ0v) is 16.8. The monoisotopic (exact) mass is 390 g/mol. The molecule has 3 aromatic carbocycles. The molecular formula is C26H22N4. The average molecular weight is 390 g/mol. The third-order valence-corrected chi connectivity index (χ3v) is 5.45. The van der Waals surface area contributed by atoms with E-state index < -0.39 is 0 Å². The van der Waals surface area contributed by atoms with Gasteiger partial charge < -0.3 is 5.32 Å². The number of benzene rings is 3. The summed E-state index contributed by atoms with van der Waals surface area (Å²) in [7, 11) is 1.91. The van der Waals surface area contributed by atoms with Crippen LogP contribution in [-0.2, 0) is 12.8 Å². The summed E-state index contributed by atoms with van der Waals surface area (Å²) < 4.78 is 0. The largest absolute Gasteiger partial charge is 0.373 e. The molecular weight excluding hydrogens is 368 g/mol. The van der Waals surface area contributed by atoms with Gasteiger partial charge in [-0.25, -0.2) is 4.98 Å². The van der Waals surface area contributed by atoms with Crippen molar-refractivity contribution in [1.82, 2.24) is 15.0 Å². The number of aryl methyl sites for hydroxylation is 2. The van der Waals surface area contributed by atoms with Gasteiger partial charge in [-0.05, 0) is 65.4 Å². The number of hydrogen-bond donors (Lipinski definition) is 1. The summed E-state index contributed by atoms with van der Waals surface area (Å²) in [6, 6.07) is 25.6. The van der Waals surface area contributed by atoms with Crippen LogP contribution < -0.4 is 5.32 Å². The fraction of sp³-hybridized carbons (Fsp3) is 0.115. The lowest BCUT2D eigenvalue weighted by molar-refractivity contribution is 0.963. The molecule has 0 saturated carbocycles. The predicted molar refractivity (Wildman–Crippen MR) is 124 cm³/mol. The zero-order chi connectivity index (χ0) is 20.3. The minimum Gasteiger partial charge on any atom is -0.373 e. The molecule has 0 radical (unpaired) electrons. The van der Waals surface area contributed by atoms with Crippen LogP contribution in [0.3, 0.4) is 0 Å². The van der Waals surface area contributed by atoms with Crippen molar-refractivity contribution in [2.45, 2.75) is 12.8 Å². The van der Waals surface area contributed by atoms with Gasteiger partial charge in [0, 0.05) is 24.8 Å². The Hall–Kier alpha value is -3.79. The van der Waals surface area contributed by atoms with Gasteiger partial charge in [0.05, 0.1) is 16.6 Å². The molecule has 0 aliphatic carbocycles. The van der Waals surface area contributed by atoms with E-state index in [2.05, 4.69) is 82.0 Å². The van der Waals surface area contributed by atoms with Gasteiger partial charge in [-0.3, -0.25) is 9.97 Å². The molecule has 30 heavy (non-hydrogen) atoms. The Morgan fingerprint density at radius 2 is 1.40 bits per heavy atom. The summed E-state index contributed by atoms with van der Waals surface area (Å²) in [4.78, 5) is 13.5. The number of fused-ring (bicyclic) bond motifs is 2. The fourth-order valence-corrected chi connectivity index (χ4v) is 3.87. The molecule has 1 N–H and O–H groups in total. The maximum Gasteiger partial charge on any atom is 0.127 e. The second-order valence-corrected chi connectivity index (χ2v) is 7.40. The van der Waals surface area contributed by atoms with E-state index in [1.165, 1.54) is 27.6 Å². The highest BCUT2D eigenvalue weighted by atomic mass is 15.0. The van der Waals surface area contributed by atoms with Crippen LogP contribution in [0.15, 0.2) is 85.2 Å². The van der Waals surface area contributed by atoms with E-state index >= 15 is 0 Å². The lowest BCUT2D eigenvalue weighted by atomic mass is 9.97. The predicted octanol–water partition coefficient (Wildman–Crippen LogP) is 5.67. The Morgan fingerprint density at radius 1 is 0.700 bits per heavy atom. The maximum atomic E-state index is 4.75. The first-order chi connectivity index (χ1) is 14.8. The van der Waals surface area contributed by atoms with Crippen LogP contribution in [0.4, 0.5) is 5.82 Å². The first-order valence-electron chi connectivity index (χ1n) is 10.2. The van der Waals surface area contributed by atoms with Crippen molar-refractivity contribution in [3.8, 4) is 11.1 Å². The van der Waals surface area contributed by atoms with Crippen LogP contribution in [0.2, 0.25) is 0 Å². The molecule has 0 aliphatic heterocycles. The summed E-state index contributed by atoms with van der Waals surface area (Å²) in [5.74, 6) is 0.881. The summed E-state index contributed by atoms with van der Waals surface area (Å²) in [6.45, 7) is 0. The minimum atomic E-state index is 0.881. The lowest BCUT2D eigenvalue weighted by Crippen LogP contribution is -1.97. The average Bonchev–Trinajstić information content (AvgIpc) is 2.82. The van der Waals surface area contributed by atoms with Gasteiger partial charge in [-0.15, -0.1) is 0 Å². The first kappa shape index (κ1) is 18.3. The number of pyridine rings is 1. The second kappa shape index (κ2) is 7.91. The normalized spacial score (nSPS) is 11.1. The van der Waals surface area contributed by atoms with Crippen molar-refractivity contribution in [3.05, 3.63) is 96.3 Å². The van der Waals surface area contributed by atoms with Crippen molar-refractivity contribution in [2.24, 2.45) is 0 Å². The molecule has 0 saturated heterocycles. The summed E-state index contributed by atoms with van der Waals surface area (Å²) in [5.41, 5.74) is 7.87. The van der Waals surface area contributed by atoms with E-state index in [1.807, 2.05) is 13.1 Å². The van der Waals surface area contributed by atoms with Gasteiger partial charge in [0.2, 0.25) is 0 Å². The summed E-state index contributed by atoms with van der Waals surface area (Å²) in [5, 5.41) is 4.37. The van der Waals surface area contributed by atoms with Crippen molar-refractivity contribution in [1.29, 1.82) is 0 Å². The fourth-order valence-electron chi connectivity index (χ4n) is 3.87. The number of rotatable bonds is 5. The third-order valence-electron chi connectivity index (χ3n) is 5.45. The highest BCUT2D eigenvalue weighted by Gasteiger charge is 2.09. The molecule has 4 nitrogen and oxygen atoms in total. The number of nitrogens with zero attached hydrogens (tertiary/aromatic N) is 3. The molecule has 4 heteroatoms. The molecule has 5 aromatic rings. The Bertz CT molecular complexity index is 1330. The number of hydrogen-bond acceptors (Lipinski definition) is 4. The Morgan fingerprint density at radius 3 is 2.17 bits per heavy atom. The van der Waals surface area contributed by atoms with E-state index in [9.17, 15) is 0 Å². The van der Waals surface area contributed by atoms with E-state index in [4.69, 9.17) is 4.98 Å². The smallest absolute Gasteiger partial charge is 0.127 e. The van der Waals surface area contributed by atoms with Crippen LogP contribution in [0, 0.1) is 0 Å². The van der Waals surface area contributed by atoms with Crippen LogP contribution in [-0.4, -0.2) is 22.0 Å². The number of anilines is 1. The standard InChI is InChI=1S/C26H22N4/c1-27-26-17-21(20-5-3-2-4-6-20)22-15-18(9-11-23(22)30-26)7-8-19-10-12-24-25(16-19)29-14-13-28-24/h2-6,9-17H,7-8H2,1H3,(H,27,30). The molecule has 0 unspecified atom stereocenters. The molecule has 0 fully saturated rings. The molecule has 0 aliphatic rings. The summed E-state index contributed by atoms with van der Waals surface area (Å²) >= 11 is 0. The van der Waals surface area contributed by atoms with Crippen LogP contribution in [0.25, 0.3) is 33.1 Å². The van der Waals surface area contributed by atoms with Gasteiger partial charge in [0.15, 0.2) is 0 Å². The maximum absolute atomic E-state index is 4.75. The van der Waals surface area contributed by atoms with Gasteiger partial charge in [0.25, 0.3) is 0 Å². The Labute approximate surface area is 175 Å². The second-order valence-electron chi connectivity index (χ2n) is 7.40. The quantitative estimate of drug-likeness (QED) is 0.420. The van der Waals surface area contributed by atoms with Gasteiger partial charge in [-0.2, -0.15) is 0 Å². The van der Waals surface area contributed by atoms with E-state index in [-0.39, 0.29) is 0 Å². The molecule has 2 heterocycles. The molecule has 0 bridgehead atoms. The van der Waals surface area contributed by atoms with Crippen molar-refractivity contribution >= 4 is 27.8 Å². The van der Waals surface area contributed by atoms with Gasteiger partial charge >= 0.3 is 0 Å². The highest BCUT2D eigenvalue weighted by molar-refractivity contribution is 5.96. The Kier molecular flexibility index (Phi) is 4.81. The van der Waals surface area contributed by atoms with Crippen LogP contribution in [0.5, 0.6) is 0 Å². The molecule has 0 atom stereocenters. The number of aromatic nitrogens is 3. The minimum absolute atomic E-state index is 0.881. The molecule has 0 spiro atoms. The first-order valence-corrected chi connectivity index (χ1v) is 10.2. The van der Waals surface area contributed by atoms with E-state index in [0.29, 0.717) is 0 Å². The SMILES string of the molecule is CNc1cc(-c2ccccc2)c2cc(CCc3ccc4nccnc4c3)ccc2n1. The molecule has 0 amide bonds. The topological polar surface area (TPSA) is 50.7 Å². The van der Waals surface area contributed by atoms with Crippen molar-refractivity contribution in [2.75, 3.05) is 12.4 Å². The molecule has 5 rings (SSSR count). The Balaban J connectivity index is 1.49. The highest BCUT2D eigenvalue weighted by Crippen LogP contribution is 2.31. The van der Waals surface area contributed by atoms with Gasteiger partial charge in [0.1, 0.15) is 5.82 Å². The van der Waals surface area contributed by atoms with Crippen molar-refractivity contribution < 1.29 is 0 Å². The molecule has 146 valence electrons. The number of nitrogens with one attached hydrogen (secondary N) is 1. The lowest BCUT2D eigenvalue weighted by Gasteiger charge is -2.12. The van der Waals surface area contributed by atoms with Crippen molar-refractivity contribution in [3.63, 3.8) is 0 Å². The third kappa shape index (κ3) is 3.60. The van der Waals surface area contributed by atoms with E-state index in [0.717, 1.165) is 35.2 Å². The van der Waals surface area contributed by atoms with Gasteiger partial charge in [-0.1, -0.05) is 42.5 Å². The van der Waals surface area contributed by atoms with Crippen LogP contribution in [0.1, 0.15) is 11.1 Å².